The fraction of sp³-hybridized carbons (Fsp3) is 0.192. The average molecular weight is 483 g/mol. The zero-order valence-electron chi connectivity index (χ0n) is 18.9. The monoisotopic (exact) mass is 483 g/mol. The Hall–Kier alpha value is -4.14. The number of hydrazone groups is 1. The molecule has 0 aromatic heterocycles. The number of benzene rings is 3. The number of aryl methyl sites for hydroxylation is 1. The van der Waals surface area contributed by atoms with E-state index in [0.717, 1.165) is 23.3 Å². The summed E-state index contributed by atoms with van der Waals surface area (Å²) in [6, 6.07) is 19.5. The van der Waals surface area contributed by atoms with Crippen LogP contribution < -0.4 is 15.5 Å². The number of nitrogens with zero attached hydrogens (tertiary/aromatic N) is 1. The molecule has 0 aliphatic rings. The lowest BCUT2D eigenvalue weighted by molar-refractivity contribution is -0.137. The fourth-order valence-electron chi connectivity index (χ4n) is 2.96. The molecule has 2 N–H and O–H groups in total. The SMILES string of the molecule is Cc1ccc(COc2ccc(C=NNC(=O)CCC(=O)Nc3cccc(C(F)(F)F)c3)cc2)cc1. The molecule has 35 heavy (non-hydrogen) atoms. The first-order chi connectivity index (χ1) is 16.7. The van der Waals surface area contributed by atoms with Gasteiger partial charge in [0.05, 0.1) is 11.8 Å². The number of halogens is 3. The second kappa shape index (κ2) is 11.8. The molecule has 0 unspecified atom stereocenters. The molecule has 3 aromatic rings. The second-order valence-electron chi connectivity index (χ2n) is 7.76. The molecular weight excluding hydrogens is 459 g/mol. The number of hydrogen-bond acceptors (Lipinski definition) is 4. The highest BCUT2D eigenvalue weighted by molar-refractivity contribution is 5.93. The number of rotatable bonds is 9. The second-order valence-corrected chi connectivity index (χ2v) is 7.76. The van der Waals surface area contributed by atoms with Crippen LogP contribution in [0.1, 0.15) is 35.1 Å². The van der Waals surface area contributed by atoms with Crippen LogP contribution in [0.2, 0.25) is 0 Å². The molecule has 3 rings (SSSR count). The predicted octanol–water partition coefficient (Wildman–Crippen LogP) is 5.46. The molecule has 9 heteroatoms. The van der Waals surface area contributed by atoms with Gasteiger partial charge in [0.15, 0.2) is 0 Å². The van der Waals surface area contributed by atoms with Crippen molar-refractivity contribution in [3.63, 3.8) is 0 Å². The first-order valence-electron chi connectivity index (χ1n) is 10.8. The van der Waals surface area contributed by atoms with Crippen molar-refractivity contribution >= 4 is 23.7 Å². The molecule has 0 fully saturated rings. The van der Waals surface area contributed by atoms with Crippen LogP contribution in [0.3, 0.4) is 0 Å². The Balaban J connectivity index is 1.39. The summed E-state index contributed by atoms with van der Waals surface area (Å²) in [6.45, 7) is 2.47. The highest BCUT2D eigenvalue weighted by Crippen LogP contribution is 2.30. The van der Waals surface area contributed by atoms with E-state index in [1.807, 2.05) is 31.2 Å². The molecule has 0 saturated heterocycles. The van der Waals surface area contributed by atoms with Gasteiger partial charge in [0.2, 0.25) is 11.8 Å². The van der Waals surface area contributed by atoms with E-state index >= 15 is 0 Å². The summed E-state index contributed by atoms with van der Waals surface area (Å²) in [7, 11) is 0. The zero-order chi connectivity index (χ0) is 25.3. The van der Waals surface area contributed by atoms with Crippen LogP contribution in [0.5, 0.6) is 5.75 Å². The minimum absolute atomic E-state index is 0.00884. The quantitative estimate of drug-likeness (QED) is 0.313. The molecule has 182 valence electrons. The first kappa shape index (κ1) is 25.5. The maximum atomic E-state index is 12.7. The molecule has 0 radical (unpaired) electrons. The first-order valence-corrected chi connectivity index (χ1v) is 10.8. The topological polar surface area (TPSA) is 79.8 Å². The van der Waals surface area contributed by atoms with E-state index in [1.165, 1.54) is 23.9 Å². The Kier molecular flexibility index (Phi) is 8.61. The summed E-state index contributed by atoms with van der Waals surface area (Å²) < 4.78 is 44.0. The maximum Gasteiger partial charge on any atom is 0.416 e. The van der Waals surface area contributed by atoms with E-state index in [4.69, 9.17) is 4.74 Å². The van der Waals surface area contributed by atoms with E-state index in [9.17, 15) is 22.8 Å². The third-order valence-electron chi connectivity index (χ3n) is 4.86. The molecule has 0 spiro atoms. The number of hydrogen-bond donors (Lipinski definition) is 2. The molecule has 0 saturated carbocycles. The Morgan fingerprint density at radius 1 is 0.943 bits per heavy atom. The van der Waals surface area contributed by atoms with Gasteiger partial charge in [0.25, 0.3) is 0 Å². The Morgan fingerprint density at radius 2 is 1.63 bits per heavy atom. The largest absolute Gasteiger partial charge is 0.489 e. The van der Waals surface area contributed by atoms with E-state index in [1.54, 1.807) is 24.3 Å². The highest BCUT2D eigenvalue weighted by atomic mass is 19.4. The minimum atomic E-state index is -4.51. The maximum absolute atomic E-state index is 12.7. The van der Waals surface area contributed by atoms with Gasteiger partial charge in [-0.25, -0.2) is 5.43 Å². The molecule has 0 heterocycles. The van der Waals surface area contributed by atoms with Crippen LogP contribution >= 0.6 is 0 Å². The lowest BCUT2D eigenvalue weighted by Crippen LogP contribution is -2.20. The third kappa shape index (κ3) is 8.62. The van der Waals surface area contributed by atoms with Crippen molar-refractivity contribution in [3.8, 4) is 5.75 Å². The molecule has 3 aromatic carbocycles. The Bertz CT molecular complexity index is 1170. The number of anilines is 1. The molecule has 0 bridgehead atoms. The number of carbonyl (C=O) groups excluding carboxylic acids is 2. The summed E-state index contributed by atoms with van der Waals surface area (Å²) in [6.07, 6.45) is -3.43. The van der Waals surface area contributed by atoms with E-state index in [0.29, 0.717) is 12.4 Å². The van der Waals surface area contributed by atoms with Gasteiger partial charge in [0, 0.05) is 18.5 Å². The van der Waals surface area contributed by atoms with Crippen molar-refractivity contribution in [2.45, 2.75) is 32.5 Å². The van der Waals surface area contributed by atoms with Gasteiger partial charge in [-0.3, -0.25) is 9.59 Å². The number of carbonyl (C=O) groups is 2. The average Bonchev–Trinajstić information content (AvgIpc) is 2.83. The van der Waals surface area contributed by atoms with Crippen LogP contribution in [-0.4, -0.2) is 18.0 Å². The van der Waals surface area contributed by atoms with Gasteiger partial charge in [-0.1, -0.05) is 35.9 Å². The fourth-order valence-corrected chi connectivity index (χ4v) is 2.96. The molecule has 0 aliphatic carbocycles. The summed E-state index contributed by atoms with van der Waals surface area (Å²) in [5, 5.41) is 6.20. The van der Waals surface area contributed by atoms with Gasteiger partial charge in [0.1, 0.15) is 12.4 Å². The number of amides is 2. The van der Waals surface area contributed by atoms with Gasteiger partial charge in [-0.05, 0) is 60.5 Å². The number of nitrogens with one attached hydrogen (secondary N) is 2. The van der Waals surface area contributed by atoms with Gasteiger partial charge < -0.3 is 10.1 Å². The van der Waals surface area contributed by atoms with Crippen molar-refractivity contribution < 1.29 is 27.5 Å². The van der Waals surface area contributed by atoms with Crippen LogP contribution in [0.25, 0.3) is 0 Å². The third-order valence-corrected chi connectivity index (χ3v) is 4.86. The lowest BCUT2D eigenvalue weighted by Gasteiger charge is -2.09. The summed E-state index contributed by atoms with van der Waals surface area (Å²) in [5.41, 5.74) is 4.43. The Labute approximate surface area is 200 Å². The van der Waals surface area contributed by atoms with Crippen molar-refractivity contribution in [1.82, 2.24) is 5.43 Å². The van der Waals surface area contributed by atoms with Gasteiger partial charge >= 0.3 is 6.18 Å². The highest BCUT2D eigenvalue weighted by Gasteiger charge is 2.30. The van der Waals surface area contributed by atoms with Gasteiger partial charge in [-0.2, -0.15) is 18.3 Å². The Morgan fingerprint density at radius 3 is 2.31 bits per heavy atom. The molecule has 0 atom stereocenters. The van der Waals surface area contributed by atoms with E-state index < -0.39 is 23.6 Å². The van der Waals surface area contributed by atoms with Crippen LogP contribution in [0, 0.1) is 6.92 Å². The number of alkyl halides is 3. The van der Waals surface area contributed by atoms with Crippen LogP contribution in [0.4, 0.5) is 18.9 Å². The normalized spacial score (nSPS) is 11.3. The standard InChI is InChI=1S/C26H24F3N3O3/c1-18-5-7-20(8-6-18)17-35-23-11-9-19(10-12-23)16-30-32-25(34)14-13-24(33)31-22-4-2-3-21(15-22)26(27,28)29/h2-12,15-16H,13-14,17H2,1H3,(H,31,33)(H,32,34). The van der Waals surface area contributed by atoms with Crippen molar-refractivity contribution in [2.24, 2.45) is 5.10 Å². The molecule has 6 nitrogen and oxygen atoms in total. The van der Waals surface area contributed by atoms with Crippen molar-refractivity contribution in [3.05, 3.63) is 95.1 Å². The molecular formula is C26H24F3N3O3. The van der Waals surface area contributed by atoms with Crippen LogP contribution in [0.15, 0.2) is 77.9 Å². The summed E-state index contributed by atoms with van der Waals surface area (Å²) >= 11 is 0. The summed E-state index contributed by atoms with van der Waals surface area (Å²) in [5.74, 6) is -0.387. The summed E-state index contributed by atoms with van der Waals surface area (Å²) in [4.78, 5) is 23.8. The van der Waals surface area contributed by atoms with Crippen molar-refractivity contribution in [1.29, 1.82) is 0 Å². The smallest absolute Gasteiger partial charge is 0.416 e. The predicted molar refractivity (Wildman–Crippen MR) is 127 cm³/mol. The number of ether oxygens (including phenoxy) is 1. The lowest BCUT2D eigenvalue weighted by atomic mass is 10.2. The molecule has 0 aliphatic heterocycles. The van der Waals surface area contributed by atoms with Crippen molar-refractivity contribution in [2.75, 3.05) is 5.32 Å². The van der Waals surface area contributed by atoms with E-state index in [-0.39, 0.29) is 18.5 Å². The molecule has 2 amide bonds. The van der Waals surface area contributed by atoms with Crippen LogP contribution in [-0.2, 0) is 22.4 Å². The van der Waals surface area contributed by atoms with E-state index in [2.05, 4.69) is 15.8 Å². The zero-order valence-corrected chi connectivity index (χ0v) is 18.9. The minimum Gasteiger partial charge on any atom is -0.489 e. The van der Waals surface area contributed by atoms with Gasteiger partial charge in [-0.15, -0.1) is 0 Å².